The van der Waals surface area contributed by atoms with Crippen LogP contribution in [0.25, 0.3) is 11.3 Å². The number of hydrogen-bond acceptors (Lipinski definition) is 5. The quantitative estimate of drug-likeness (QED) is 0.736. The van der Waals surface area contributed by atoms with E-state index in [0.717, 1.165) is 22.8 Å². The van der Waals surface area contributed by atoms with Gasteiger partial charge in [0.1, 0.15) is 11.6 Å². The van der Waals surface area contributed by atoms with Crippen LogP contribution in [0.5, 0.6) is 0 Å². The van der Waals surface area contributed by atoms with Crippen molar-refractivity contribution in [3.8, 4) is 11.3 Å². The molecule has 2 N–H and O–H groups in total. The van der Waals surface area contributed by atoms with E-state index >= 15 is 0 Å². The SMILES string of the molecule is Cc1nc(Nc2cn[nH]c2)cc(-c2ccoc2)n1. The highest BCUT2D eigenvalue weighted by atomic mass is 16.3. The minimum atomic E-state index is 0.694. The second kappa shape index (κ2) is 4.33. The molecule has 0 spiro atoms. The highest BCUT2D eigenvalue weighted by molar-refractivity contribution is 5.64. The maximum absolute atomic E-state index is 5.06. The molecule has 0 bridgehead atoms. The van der Waals surface area contributed by atoms with Gasteiger partial charge in [-0.3, -0.25) is 5.10 Å². The van der Waals surface area contributed by atoms with Crippen LogP contribution in [0.3, 0.4) is 0 Å². The van der Waals surface area contributed by atoms with E-state index in [1.165, 1.54) is 0 Å². The van der Waals surface area contributed by atoms with Crippen LogP contribution in [0, 0.1) is 6.92 Å². The normalized spacial score (nSPS) is 10.5. The average Bonchev–Trinajstić information content (AvgIpc) is 3.00. The van der Waals surface area contributed by atoms with Gasteiger partial charge < -0.3 is 9.73 Å². The first-order valence-electron chi connectivity index (χ1n) is 5.45. The van der Waals surface area contributed by atoms with E-state index in [-0.39, 0.29) is 0 Å². The van der Waals surface area contributed by atoms with Gasteiger partial charge in [0, 0.05) is 17.8 Å². The van der Waals surface area contributed by atoms with Crippen molar-refractivity contribution in [1.82, 2.24) is 20.2 Å². The summed E-state index contributed by atoms with van der Waals surface area (Å²) < 4.78 is 5.06. The molecule has 3 aromatic rings. The maximum Gasteiger partial charge on any atom is 0.134 e. The number of nitrogens with one attached hydrogen (secondary N) is 2. The smallest absolute Gasteiger partial charge is 0.134 e. The molecule has 0 saturated carbocycles. The Labute approximate surface area is 103 Å². The van der Waals surface area contributed by atoms with Crippen LogP contribution in [0.4, 0.5) is 11.5 Å². The molecule has 18 heavy (non-hydrogen) atoms. The summed E-state index contributed by atoms with van der Waals surface area (Å²) in [6, 6.07) is 3.73. The van der Waals surface area contributed by atoms with E-state index in [2.05, 4.69) is 25.5 Å². The van der Waals surface area contributed by atoms with Gasteiger partial charge >= 0.3 is 0 Å². The molecule has 0 aromatic carbocycles. The van der Waals surface area contributed by atoms with Crippen LogP contribution in [-0.4, -0.2) is 20.2 Å². The van der Waals surface area contributed by atoms with Gasteiger partial charge in [0.15, 0.2) is 0 Å². The predicted molar refractivity (Wildman–Crippen MR) is 66.3 cm³/mol. The van der Waals surface area contributed by atoms with Crippen molar-refractivity contribution in [2.75, 3.05) is 5.32 Å². The van der Waals surface area contributed by atoms with Gasteiger partial charge in [-0.15, -0.1) is 0 Å². The van der Waals surface area contributed by atoms with Crippen molar-refractivity contribution in [1.29, 1.82) is 0 Å². The molecule has 0 aliphatic rings. The fourth-order valence-corrected chi connectivity index (χ4v) is 1.66. The van der Waals surface area contributed by atoms with Gasteiger partial charge in [0.25, 0.3) is 0 Å². The summed E-state index contributed by atoms with van der Waals surface area (Å²) in [7, 11) is 0. The molecule has 3 heterocycles. The van der Waals surface area contributed by atoms with E-state index in [1.54, 1.807) is 24.9 Å². The highest BCUT2D eigenvalue weighted by Crippen LogP contribution is 2.21. The van der Waals surface area contributed by atoms with Gasteiger partial charge in [-0.05, 0) is 13.0 Å². The maximum atomic E-state index is 5.06. The number of H-pyrrole nitrogens is 1. The molecule has 6 heteroatoms. The number of rotatable bonds is 3. The summed E-state index contributed by atoms with van der Waals surface area (Å²) in [4.78, 5) is 8.70. The second-order valence-corrected chi connectivity index (χ2v) is 3.81. The number of hydrogen-bond donors (Lipinski definition) is 2. The largest absolute Gasteiger partial charge is 0.472 e. The number of aromatic nitrogens is 4. The van der Waals surface area contributed by atoms with Gasteiger partial charge in [-0.1, -0.05) is 0 Å². The molecule has 0 unspecified atom stereocenters. The van der Waals surface area contributed by atoms with Crippen molar-refractivity contribution in [2.24, 2.45) is 0 Å². The first-order chi connectivity index (χ1) is 8.81. The summed E-state index contributed by atoms with van der Waals surface area (Å²) in [6.07, 6.45) is 6.73. The van der Waals surface area contributed by atoms with E-state index < -0.39 is 0 Å². The molecular weight excluding hydrogens is 230 g/mol. The van der Waals surface area contributed by atoms with Crippen LogP contribution in [0.2, 0.25) is 0 Å². The summed E-state index contributed by atoms with van der Waals surface area (Å²) in [5.41, 5.74) is 2.60. The number of aromatic amines is 1. The first-order valence-corrected chi connectivity index (χ1v) is 5.45. The van der Waals surface area contributed by atoms with Crippen molar-refractivity contribution in [3.05, 3.63) is 42.9 Å². The molecule has 0 fully saturated rings. The standard InChI is InChI=1S/C12H11N5O/c1-8-15-11(9-2-3-18-7-9)4-12(16-8)17-10-5-13-14-6-10/h2-7H,1H3,(H,13,14)(H,15,16,17). The van der Waals surface area contributed by atoms with Crippen LogP contribution in [-0.2, 0) is 0 Å². The van der Waals surface area contributed by atoms with E-state index in [4.69, 9.17) is 4.42 Å². The molecule has 90 valence electrons. The molecule has 0 aliphatic carbocycles. The molecule has 0 amide bonds. The van der Waals surface area contributed by atoms with Gasteiger partial charge in [0.2, 0.25) is 0 Å². The molecule has 3 aromatic heterocycles. The van der Waals surface area contributed by atoms with Gasteiger partial charge in [-0.2, -0.15) is 5.10 Å². The molecule has 0 aliphatic heterocycles. The molecular formula is C12H11N5O. The zero-order valence-corrected chi connectivity index (χ0v) is 9.71. The Morgan fingerprint density at radius 3 is 3.00 bits per heavy atom. The summed E-state index contributed by atoms with van der Waals surface area (Å²) >= 11 is 0. The lowest BCUT2D eigenvalue weighted by atomic mass is 10.2. The first kappa shape index (κ1) is 10.5. The summed E-state index contributed by atoms with van der Waals surface area (Å²) in [5.74, 6) is 1.42. The monoisotopic (exact) mass is 241 g/mol. The lowest BCUT2D eigenvalue weighted by Gasteiger charge is -2.05. The third-order valence-electron chi connectivity index (χ3n) is 2.43. The molecule has 3 rings (SSSR count). The minimum absolute atomic E-state index is 0.694. The third kappa shape index (κ3) is 2.08. The fraction of sp³-hybridized carbons (Fsp3) is 0.0833. The lowest BCUT2D eigenvalue weighted by Crippen LogP contribution is -1.97. The average molecular weight is 241 g/mol. The zero-order valence-electron chi connectivity index (χ0n) is 9.71. The van der Waals surface area contributed by atoms with E-state index in [9.17, 15) is 0 Å². The molecule has 0 atom stereocenters. The molecule has 0 saturated heterocycles. The fourth-order valence-electron chi connectivity index (χ4n) is 1.66. The van der Waals surface area contributed by atoms with Crippen molar-refractivity contribution < 1.29 is 4.42 Å². The van der Waals surface area contributed by atoms with Crippen LogP contribution in [0.15, 0.2) is 41.5 Å². The number of nitrogens with zero attached hydrogens (tertiary/aromatic N) is 3. The highest BCUT2D eigenvalue weighted by Gasteiger charge is 2.06. The summed E-state index contributed by atoms with van der Waals surface area (Å²) in [5, 5.41) is 9.75. The minimum Gasteiger partial charge on any atom is -0.472 e. The van der Waals surface area contributed by atoms with E-state index in [1.807, 2.05) is 19.1 Å². The Bertz CT molecular complexity index is 631. The molecule has 6 nitrogen and oxygen atoms in total. The van der Waals surface area contributed by atoms with Crippen molar-refractivity contribution >= 4 is 11.5 Å². The Hall–Kier alpha value is -2.63. The third-order valence-corrected chi connectivity index (χ3v) is 2.43. The van der Waals surface area contributed by atoms with Gasteiger partial charge in [-0.25, -0.2) is 9.97 Å². The van der Waals surface area contributed by atoms with Crippen LogP contribution < -0.4 is 5.32 Å². The van der Waals surface area contributed by atoms with Gasteiger partial charge in [0.05, 0.1) is 30.1 Å². The predicted octanol–water partition coefficient (Wildman–Crippen LogP) is 2.51. The topological polar surface area (TPSA) is 79.6 Å². The Morgan fingerprint density at radius 1 is 1.33 bits per heavy atom. The van der Waals surface area contributed by atoms with Crippen molar-refractivity contribution in [3.63, 3.8) is 0 Å². The second-order valence-electron chi connectivity index (χ2n) is 3.81. The summed E-state index contributed by atoms with van der Waals surface area (Å²) in [6.45, 7) is 1.85. The Balaban J connectivity index is 1.96. The van der Waals surface area contributed by atoms with E-state index in [0.29, 0.717) is 5.82 Å². The van der Waals surface area contributed by atoms with Crippen LogP contribution >= 0.6 is 0 Å². The Morgan fingerprint density at radius 2 is 2.28 bits per heavy atom. The lowest BCUT2D eigenvalue weighted by molar-refractivity contribution is 0.568. The number of anilines is 2. The Kier molecular flexibility index (Phi) is 2.53. The van der Waals surface area contributed by atoms with Crippen molar-refractivity contribution in [2.45, 2.75) is 6.92 Å². The number of furan rings is 1. The molecule has 0 radical (unpaired) electrons. The van der Waals surface area contributed by atoms with Crippen LogP contribution in [0.1, 0.15) is 5.82 Å². The zero-order chi connectivity index (χ0) is 12.4. The number of aryl methyl sites for hydroxylation is 1.